The lowest BCUT2D eigenvalue weighted by Crippen LogP contribution is -2.46. The first-order valence-electron chi connectivity index (χ1n) is 15.6. The van der Waals surface area contributed by atoms with Gasteiger partial charge in [-0.15, -0.1) is 0 Å². The number of allylic oxidation sites excluding steroid dienone is 3. The van der Waals surface area contributed by atoms with Gasteiger partial charge in [-0.25, -0.2) is 4.99 Å². The Labute approximate surface area is 261 Å². The van der Waals surface area contributed by atoms with E-state index in [2.05, 4.69) is 27.2 Å². The lowest BCUT2D eigenvalue weighted by atomic mass is 9.72. The van der Waals surface area contributed by atoms with Gasteiger partial charge in [-0.2, -0.15) is 0 Å². The maximum Gasteiger partial charge on any atom is 0.231 e. The smallest absolute Gasteiger partial charge is 0.231 e. The Morgan fingerprint density at radius 1 is 0.889 bits per heavy atom. The van der Waals surface area contributed by atoms with Gasteiger partial charge in [0.2, 0.25) is 6.79 Å². The molecule has 1 fully saturated rings. The average Bonchev–Trinajstić information content (AvgIpc) is 3.53. The summed E-state index contributed by atoms with van der Waals surface area (Å²) in [6.07, 6.45) is 2.75. The topological polar surface area (TPSA) is 92.7 Å². The summed E-state index contributed by atoms with van der Waals surface area (Å²) in [5.74, 6) is 1.76. The van der Waals surface area contributed by atoms with Gasteiger partial charge in [-0.05, 0) is 55.3 Å². The van der Waals surface area contributed by atoms with Gasteiger partial charge >= 0.3 is 0 Å². The zero-order valence-electron chi connectivity index (χ0n) is 25.2. The van der Waals surface area contributed by atoms with Crippen molar-refractivity contribution in [3.8, 4) is 17.2 Å². The van der Waals surface area contributed by atoms with Crippen molar-refractivity contribution in [2.75, 3.05) is 46.1 Å². The average molecular weight is 603 g/mol. The minimum atomic E-state index is -0.804. The molecule has 0 spiro atoms. The van der Waals surface area contributed by atoms with E-state index in [0.717, 1.165) is 62.8 Å². The van der Waals surface area contributed by atoms with E-state index in [9.17, 15) is 9.59 Å². The summed E-state index contributed by atoms with van der Waals surface area (Å²) in [5.41, 5.74) is 5.44. The molecule has 3 heterocycles. The highest BCUT2D eigenvalue weighted by Crippen LogP contribution is 2.43. The van der Waals surface area contributed by atoms with Crippen molar-refractivity contribution in [1.82, 2.24) is 15.1 Å². The maximum atomic E-state index is 13.9. The second-order valence-electron chi connectivity index (χ2n) is 12.2. The Balaban J connectivity index is 0.946. The molecule has 0 aromatic heterocycles. The predicted molar refractivity (Wildman–Crippen MR) is 170 cm³/mol. The third kappa shape index (κ3) is 5.11. The van der Waals surface area contributed by atoms with E-state index in [1.165, 1.54) is 5.56 Å². The van der Waals surface area contributed by atoms with Crippen LogP contribution in [-0.4, -0.2) is 73.1 Å². The molecule has 0 saturated carbocycles. The number of aryl methyl sites for hydroxylation is 1. The van der Waals surface area contributed by atoms with Crippen molar-refractivity contribution < 1.29 is 23.8 Å². The Morgan fingerprint density at radius 2 is 1.69 bits per heavy atom. The Kier molecular flexibility index (Phi) is 6.99. The third-order valence-electron chi connectivity index (χ3n) is 9.17. The molecule has 0 amide bonds. The number of aliphatic imine (C=N–C) groups is 1. The Morgan fingerprint density at radius 3 is 2.56 bits per heavy atom. The SMILES string of the molecule is Cc1ccc2c(c1)OC1=CC(NCCCN3CCN(Cc4ccc5c(c4)OCO5)CC3)=C3C(=O)c4ccccc4C(=O)C3C1=N2. The quantitative estimate of drug-likeness (QED) is 0.385. The van der Waals surface area contributed by atoms with E-state index in [0.29, 0.717) is 58.6 Å². The van der Waals surface area contributed by atoms with Crippen LogP contribution in [0.15, 0.2) is 88.8 Å². The number of hydrogen-bond donors (Lipinski definition) is 1. The van der Waals surface area contributed by atoms with Crippen LogP contribution in [0.5, 0.6) is 17.2 Å². The third-order valence-corrected chi connectivity index (χ3v) is 9.17. The number of fused-ring (bicyclic) bond motifs is 6. The molecule has 0 radical (unpaired) electrons. The van der Waals surface area contributed by atoms with Crippen molar-refractivity contribution in [3.63, 3.8) is 0 Å². The number of ketones is 2. The van der Waals surface area contributed by atoms with Gasteiger partial charge in [0.15, 0.2) is 34.6 Å². The fourth-order valence-electron chi connectivity index (χ4n) is 6.81. The lowest BCUT2D eigenvalue weighted by molar-refractivity contribution is 0.0908. The highest BCUT2D eigenvalue weighted by Gasteiger charge is 2.46. The van der Waals surface area contributed by atoms with Crippen molar-refractivity contribution in [1.29, 1.82) is 0 Å². The zero-order valence-corrected chi connectivity index (χ0v) is 25.2. The number of piperazine rings is 1. The van der Waals surface area contributed by atoms with Crippen LogP contribution >= 0.6 is 0 Å². The highest BCUT2D eigenvalue weighted by molar-refractivity contribution is 6.33. The van der Waals surface area contributed by atoms with Gasteiger partial charge in [0.25, 0.3) is 0 Å². The summed E-state index contributed by atoms with van der Waals surface area (Å²) in [6.45, 7) is 8.80. The second kappa shape index (κ2) is 11.3. The molecule has 9 nitrogen and oxygen atoms in total. The molecule has 3 aromatic rings. The van der Waals surface area contributed by atoms with Gasteiger partial charge in [-0.1, -0.05) is 36.4 Å². The molecule has 8 rings (SSSR count). The minimum absolute atomic E-state index is 0.123. The van der Waals surface area contributed by atoms with Gasteiger partial charge in [0, 0.05) is 67.7 Å². The summed E-state index contributed by atoms with van der Waals surface area (Å²) in [5, 5.41) is 3.51. The standard InChI is InChI=1S/C36H34N4O5/c1-22-7-9-26-29(17-22)45-31-19-27(32-33(34(31)38-26)36(42)25-6-3-2-5-24(25)35(32)41)37-11-4-12-39-13-15-40(16-14-39)20-23-8-10-28-30(18-23)44-21-43-28/h2-3,5-10,17-19,33,37H,4,11-16,20-21H2,1H3. The molecule has 3 aliphatic heterocycles. The molecular formula is C36H34N4O5. The van der Waals surface area contributed by atoms with Crippen LogP contribution in [-0.2, 0) is 6.54 Å². The molecule has 1 N–H and O–H groups in total. The number of Topliss-reactive ketones (excluding diaryl/α,β-unsaturated/α-hetero) is 2. The number of rotatable bonds is 7. The first kappa shape index (κ1) is 27.8. The number of hydrogen-bond acceptors (Lipinski definition) is 9. The van der Waals surface area contributed by atoms with E-state index >= 15 is 0 Å². The largest absolute Gasteiger partial charge is 0.454 e. The summed E-state index contributed by atoms with van der Waals surface area (Å²) < 4.78 is 17.3. The number of ether oxygens (including phenoxy) is 3. The number of benzene rings is 3. The first-order chi connectivity index (χ1) is 22.0. The normalized spacial score (nSPS) is 20.4. The molecule has 228 valence electrons. The molecule has 45 heavy (non-hydrogen) atoms. The van der Waals surface area contributed by atoms with Gasteiger partial charge in [-0.3, -0.25) is 14.5 Å². The fourth-order valence-corrected chi connectivity index (χ4v) is 6.81. The summed E-state index contributed by atoms with van der Waals surface area (Å²) in [4.78, 5) is 37.6. The molecule has 1 unspecified atom stereocenters. The van der Waals surface area contributed by atoms with E-state index in [-0.39, 0.29) is 11.6 Å². The summed E-state index contributed by atoms with van der Waals surface area (Å²) in [6, 6.07) is 19.1. The Hall–Kier alpha value is -4.73. The van der Waals surface area contributed by atoms with Gasteiger partial charge < -0.3 is 24.4 Å². The zero-order chi connectivity index (χ0) is 30.5. The number of nitrogens with zero attached hydrogens (tertiary/aromatic N) is 3. The van der Waals surface area contributed by atoms with Gasteiger partial charge in [0.1, 0.15) is 5.69 Å². The Bertz CT molecular complexity index is 1820. The molecule has 1 saturated heterocycles. The molecule has 9 heteroatoms. The minimum Gasteiger partial charge on any atom is -0.454 e. The van der Waals surface area contributed by atoms with E-state index in [4.69, 9.17) is 19.2 Å². The van der Waals surface area contributed by atoms with Crippen LogP contribution in [0.3, 0.4) is 0 Å². The first-order valence-corrected chi connectivity index (χ1v) is 15.6. The molecule has 5 aliphatic rings. The maximum absolute atomic E-state index is 13.9. The highest BCUT2D eigenvalue weighted by atomic mass is 16.7. The number of carbonyl (C=O) groups is 2. The van der Waals surface area contributed by atoms with E-state index in [1.54, 1.807) is 24.3 Å². The van der Waals surface area contributed by atoms with Crippen molar-refractivity contribution in [3.05, 3.63) is 106 Å². The molecule has 0 bridgehead atoms. The summed E-state index contributed by atoms with van der Waals surface area (Å²) in [7, 11) is 0. The molecule has 1 atom stereocenters. The van der Waals surface area contributed by atoms with E-state index < -0.39 is 5.92 Å². The fraction of sp³-hybridized carbons (Fsp3) is 0.306. The van der Waals surface area contributed by atoms with Crippen molar-refractivity contribution in [2.24, 2.45) is 10.9 Å². The second-order valence-corrected chi connectivity index (χ2v) is 12.2. The summed E-state index contributed by atoms with van der Waals surface area (Å²) >= 11 is 0. The van der Waals surface area contributed by atoms with E-state index in [1.807, 2.05) is 37.3 Å². The molecular weight excluding hydrogens is 568 g/mol. The van der Waals surface area contributed by atoms with Crippen molar-refractivity contribution >= 4 is 23.0 Å². The molecule has 3 aromatic carbocycles. The lowest BCUT2D eigenvalue weighted by Gasteiger charge is -2.35. The van der Waals surface area contributed by atoms with Crippen LogP contribution in [0.25, 0.3) is 0 Å². The van der Waals surface area contributed by atoms with Gasteiger partial charge in [0.05, 0.1) is 11.6 Å². The number of carbonyl (C=O) groups excluding carboxylic acids is 2. The van der Waals surface area contributed by atoms with Crippen LogP contribution in [0.2, 0.25) is 0 Å². The molecule has 2 aliphatic carbocycles. The predicted octanol–water partition coefficient (Wildman–Crippen LogP) is 4.83. The van der Waals surface area contributed by atoms with Crippen LogP contribution < -0.4 is 19.5 Å². The van der Waals surface area contributed by atoms with Crippen LogP contribution in [0.4, 0.5) is 5.69 Å². The van der Waals surface area contributed by atoms with Crippen LogP contribution in [0.1, 0.15) is 38.3 Å². The van der Waals surface area contributed by atoms with Crippen molar-refractivity contribution in [2.45, 2.75) is 19.9 Å². The van der Waals surface area contributed by atoms with Crippen LogP contribution in [0, 0.1) is 12.8 Å². The number of nitrogens with one attached hydrogen (secondary N) is 1. The monoisotopic (exact) mass is 602 g/mol.